The normalized spacial score (nSPS) is 22.2. The third kappa shape index (κ3) is 2.30. The molecule has 2 atom stereocenters. The molecule has 2 unspecified atom stereocenters. The molecule has 2 rings (SSSR count). The smallest absolute Gasteiger partial charge is 0.119 e. The summed E-state index contributed by atoms with van der Waals surface area (Å²) >= 11 is 0. The molecule has 3 nitrogen and oxygen atoms in total. The molecular formula is C13H20N2O. The fourth-order valence-electron chi connectivity index (χ4n) is 2.24. The highest BCUT2D eigenvalue weighted by molar-refractivity contribution is 5.49. The molecule has 0 aliphatic carbocycles. The molecule has 1 aliphatic rings. The number of ether oxygens (including phenoxy) is 1. The zero-order valence-electron chi connectivity index (χ0n) is 10.0. The van der Waals surface area contributed by atoms with Crippen molar-refractivity contribution < 1.29 is 4.74 Å². The van der Waals surface area contributed by atoms with Gasteiger partial charge in [-0.05, 0) is 43.5 Å². The SMILES string of the molecule is COc1ccc(N2CCC(C(C)N)C2)cc1. The minimum absolute atomic E-state index is 0.295. The highest BCUT2D eigenvalue weighted by Gasteiger charge is 2.25. The van der Waals surface area contributed by atoms with Gasteiger partial charge in [-0.2, -0.15) is 0 Å². The molecule has 0 aromatic heterocycles. The van der Waals surface area contributed by atoms with E-state index < -0.39 is 0 Å². The molecule has 16 heavy (non-hydrogen) atoms. The van der Waals surface area contributed by atoms with E-state index in [4.69, 9.17) is 10.5 Å². The van der Waals surface area contributed by atoms with E-state index in [2.05, 4.69) is 24.0 Å². The Balaban J connectivity index is 2.03. The van der Waals surface area contributed by atoms with Crippen LogP contribution in [0.2, 0.25) is 0 Å². The fourth-order valence-corrected chi connectivity index (χ4v) is 2.24. The van der Waals surface area contributed by atoms with E-state index in [1.165, 1.54) is 12.1 Å². The van der Waals surface area contributed by atoms with Crippen molar-refractivity contribution in [2.75, 3.05) is 25.1 Å². The lowest BCUT2D eigenvalue weighted by atomic mass is 10.0. The highest BCUT2D eigenvalue weighted by Crippen LogP contribution is 2.26. The van der Waals surface area contributed by atoms with Crippen LogP contribution in [0.1, 0.15) is 13.3 Å². The lowest BCUT2D eigenvalue weighted by Gasteiger charge is -2.20. The van der Waals surface area contributed by atoms with Gasteiger partial charge in [0.1, 0.15) is 5.75 Å². The number of hydrogen-bond acceptors (Lipinski definition) is 3. The van der Waals surface area contributed by atoms with Gasteiger partial charge >= 0.3 is 0 Å². The van der Waals surface area contributed by atoms with Crippen LogP contribution in [0, 0.1) is 5.92 Å². The zero-order chi connectivity index (χ0) is 11.5. The highest BCUT2D eigenvalue weighted by atomic mass is 16.5. The first-order chi connectivity index (χ1) is 7.70. The van der Waals surface area contributed by atoms with Gasteiger partial charge in [-0.25, -0.2) is 0 Å². The zero-order valence-corrected chi connectivity index (χ0v) is 10.0. The van der Waals surface area contributed by atoms with Crippen LogP contribution in [0.3, 0.4) is 0 Å². The summed E-state index contributed by atoms with van der Waals surface area (Å²) in [6.07, 6.45) is 1.20. The first kappa shape index (κ1) is 11.3. The summed E-state index contributed by atoms with van der Waals surface area (Å²) < 4.78 is 5.15. The Morgan fingerprint density at radius 2 is 2.06 bits per heavy atom. The van der Waals surface area contributed by atoms with Crippen molar-refractivity contribution in [2.45, 2.75) is 19.4 Å². The number of rotatable bonds is 3. The van der Waals surface area contributed by atoms with Crippen molar-refractivity contribution >= 4 is 5.69 Å². The van der Waals surface area contributed by atoms with E-state index >= 15 is 0 Å². The summed E-state index contributed by atoms with van der Waals surface area (Å²) in [5.41, 5.74) is 7.20. The number of nitrogens with zero attached hydrogens (tertiary/aromatic N) is 1. The number of hydrogen-bond donors (Lipinski definition) is 1. The molecule has 1 heterocycles. The van der Waals surface area contributed by atoms with E-state index in [0.717, 1.165) is 18.8 Å². The molecule has 0 spiro atoms. The van der Waals surface area contributed by atoms with Crippen LogP contribution in [0.4, 0.5) is 5.69 Å². The Morgan fingerprint density at radius 1 is 1.38 bits per heavy atom. The molecule has 0 radical (unpaired) electrons. The first-order valence-electron chi connectivity index (χ1n) is 5.85. The van der Waals surface area contributed by atoms with E-state index in [-0.39, 0.29) is 0 Å². The molecule has 2 N–H and O–H groups in total. The minimum atomic E-state index is 0.295. The topological polar surface area (TPSA) is 38.5 Å². The standard InChI is InChI=1S/C13H20N2O/c1-10(14)11-7-8-15(9-11)12-3-5-13(16-2)6-4-12/h3-6,10-11H,7-9,14H2,1-2H3. The van der Waals surface area contributed by atoms with Gasteiger partial charge in [0.25, 0.3) is 0 Å². The maximum absolute atomic E-state index is 5.94. The van der Waals surface area contributed by atoms with Gasteiger partial charge in [0.2, 0.25) is 0 Å². The van der Waals surface area contributed by atoms with E-state index in [9.17, 15) is 0 Å². The van der Waals surface area contributed by atoms with Gasteiger partial charge in [0.15, 0.2) is 0 Å². The molecule has 1 saturated heterocycles. The minimum Gasteiger partial charge on any atom is -0.497 e. The van der Waals surface area contributed by atoms with Crippen LogP contribution in [0.5, 0.6) is 5.75 Å². The predicted molar refractivity (Wildman–Crippen MR) is 67.0 cm³/mol. The molecule has 1 fully saturated rings. The van der Waals surface area contributed by atoms with Gasteiger partial charge in [0.05, 0.1) is 7.11 Å². The molecule has 1 aromatic carbocycles. The van der Waals surface area contributed by atoms with Crippen LogP contribution in [-0.2, 0) is 0 Å². The molecule has 88 valence electrons. The summed E-state index contributed by atoms with van der Waals surface area (Å²) in [5.74, 6) is 1.54. The second kappa shape index (κ2) is 4.74. The van der Waals surface area contributed by atoms with Crippen molar-refractivity contribution in [1.82, 2.24) is 0 Å². The molecular weight excluding hydrogens is 200 g/mol. The summed E-state index contributed by atoms with van der Waals surface area (Å²) in [4.78, 5) is 2.40. The first-order valence-corrected chi connectivity index (χ1v) is 5.85. The van der Waals surface area contributed by atoms with Crippen molar-refractivity contribution in [3.8, 4) is 5.75 Å². The number of benzene rings is 1. The number of anilines is 1. The Bertz CT molecular complexity index is 334. The van der Waals surface area contributed by atoms with Gasteiger partial charge in [-0.15, -0.1) is 0 Å². The molecule has 3 heteroatoms. The van der Waals surface area contributed by atoms with Crippen LogP contribution < -0.4 is 15.4 Å². The Morgan fingerprint density at radius 3 is 2.56 bits per heavy atom. The fraction of sp³-hybridized carbons (Fsp3) is 0.538. The summed E-state index contributed by atoms with van der Waals surface area (Å²) in [7, 11) is 1.69. The summed E-state index contributed by atoms with van der Waals surface area (Å²) in [6.45, 7) is 4.28. The van der Waals surface area contributed by atoms with Crippen LogP contribution in [0.15, 0.2) is 24.3 Å². The van der Waals surface area contributed by atoms with Crippen molar-refractivity contribution in [3.05, 3.63) is 24.3 Å². The second-order valence-corrected chi connectivity index (χ2v) is 4.55. The largest absolute Gasteiger partial charge is 0.497 e. The second-order valence-electron chi connectivity index (χ2n) is 4.55. The van der Waals surface area contributed by atoms with Crippen LogP contribution in [-0.4, -0.2) is 26.2 Å². The van der Waals surface area contributed by atoms with E-state index in [1.807, 2.05) is 12.1 Å². The van der Waals surface area contributed by atoms with E-state index in [0.29, 0.717) is 12.0 Å². The lowest BCUT2D eigenvalue weighted by Crippen LogP contribution is -2.29. The molecule has 1 aromatic rings. The average molecular weight is 220 g/mol. The Kier molecular flexibility index (Phi) is 3.34. The monoisotopic (exact) mass is 220 g/mol. The molecule has 0 saturated carbocycles. The van der Waals surface area contributed by atoms with Crippen LogP contribution >= 0.6 is 0 Å². The van der Waals surface area contributed by atoms with Gasteiger partial charge in [-0.1, -0.05) is 0 Å². The lowest BCUT2D eigenvalue weighted by molar-refractivity contribution is 0.415. The molecule has 1 aliphatic heterocycles. The summed E-state index contributed by atoms with van der Waals surface area (Å²) in [6, 6.07) is 8.54. The Labute approximate surface area is 97.2 Å². The average Bonchev–Trinajstić information content (AvgIpc) is 2.78. The maximum atomic E-state index is 5.94. The van der Waals surface area contributed by atoms with Crippen molar-refractivity contribution in [1.29, 1.82) is 0 Å². The quantitative estimate of drug-likeness (QED) is 0.845. The van der Waals surface area contributed by atoms with Crippen molar-refractivity contribution in [2.24, 2.45) is 11.7 Å². The third-order valence-corrected chi connectivity index (χ3v) is 3.41. The maximum Gasteiger partial charge on any atom is 0.119 e. The number of nitrogens with two attached hydrogens (primary N) is 1. The molecule has 0 amide bonds. The van der Waals surface area contributed by atoms with Crippen molar-refractivity contribution in [3.63, 3.8) is 0 Å². The van der Waals surface area contributed by atoms with Gasteiger partial charge < -0.3 is 15.4 Å². The Hall–Kier alpha value is -1.22. The van der Waals surface area contributed by atoms with E-state index in [1.54, 1.807) is 7.11 Å². The summed E-state index contributed by atoms with van der Waals surface area (Å²) in [5, 5.41) is 0. The van der Waals surface area contributed by atoms with Gasteiger partial charge in [0, 0.05) is 24.8 Å². The predicted octanol–water partition coefficient (Wildman–Crippen LogP) is 1.87. The van der Waals surface area contributed by atoms with Gasteiger partial charge in [-0.3, -0.25) is 0 Å². The van der Waals surface area contributed by atoms with Crippen LogP contribution in [0.25, 0.3) is 0 Å². The molecule has 0 bridgehead atoms. The number of methoxy groups -OCH3 is 1. The third-order valence-electron chi connectivity index (χ3n) is 3.41.